The number of aliphatic imine (C=N–C) groups is 1. The van der Waals surface area contributed by atoms with Crippen LogP contribution in [-0.4, -0.2) is 18.4 Å². The highest BCUT2D eigenvalue weighted by Crippen LogP contribution is 2.24. The van der Waals surface area contributed by atoms with E-state index in [1.807, 2.05) is 0 Å². The molecule has 0 saturated heterocycles. The third-order valence-corrected chi connectivity index (χ3v) is 3.61. The van der Waals surface area contributed by atoms with Crippen molar-refractivity contribution in [2.75, 3.05) is 11.9 Å². The summed E-state index contributed by atoms with van der Waals surface area (Å²) in [5.41, 5.74) is 5.96. The van der Waals surface area contributed by atoms with E-state index in [1.54, 1.807) is 18.2 Å². The van der Waals surface area contributed by atoms with Crippen molar-refractivity contribution in [3.63, 3.8) is 0 Å². The van der Waals surface area contributed by atoms with Crippen molar-refractivity contribution < 1.29 is 4.79 Å². The van der Waals surface area contributed by atoms with Crippen LogP contribution in [-0.2, 0) is 0 Å². The molecule has 0 saturated carbocycles. The van der Waals surface area contributed by atoms with Gasteiger partial charge in [-0.3, -0.25) is 15.8 Å². The number of urea groups is 1. The van der Waals surface area contributed by atoms with Crippen molar-refractivity contribution in [3.05, 3.63) is 28.2 Å². The third kappa shape index (κ3) is 4.58. The van der Waals surface area contributed by atoms with Gasteiger partial charge in [-0.2, -0.15) is 0 Å². The lowest BCUT2D eigenvalue weighted by molar-refractivity contribution is 0.250. The van der Waals surface area contributed by atoms with Gasteiger partial charge in [-0.05, 0) is 31.0 Å². The molecule has 1 aliphatic rings. The standard InChI is InChI=1S/C13H16Cl2N4O/c14-10-6-5-9(8-11(10)15)17-13(20)19-18-12-4-2-1-3-7-16-12/h5-6,8H,1-4,7H2,(H,16,18)(H2,17,19,20). The Labute approximate surface area is 127 Å². The van der Waals surface area contributed by atoms with E-state index in [-0.39, 0.29) is 6.03 Å². The van der Waals surface area contributed by atoms with Crippen molar-refractivity contribution in [2.24, 2.45) is 4.99 Å². The molecule has 0 fully saturated rings. The Kier molecular flexibility index (Phi) is 5.49. The largest absolute Gasteiger partial charge is 0.337 e. The van der Waals surface area contributed by atoms with Gasteiger partial charge in [0.05, 0.1) is 10.0 Å². The molecule has 2 rings (SSSR count). The molecular formula is C13H16Cl2N4O. The van der Waals surface area contributed by atoms with Gasteiger partial charge in [-0.15, -0.1) is 0 Å². The van der Waals surface area contributed by atoms with Crippen LogP contribution in [0.2, 0.25) is 10.0 Å². The lowest BCUT2D eigenvalue weighted by Gasteiger charge is -2.11. The molecule has 0 bridgehead atoms. The number of anilines is 1. The normalized spacial score (nSPS) is 15.0. The van der Waals surface area contributed by atoms with E-state index in [2.05, 4.69) is 21.2 Å². The lowest BCUT2D eigenvalue weighted by Crippen LogP contribution is -2.43. The molecule has 0 spiro atoms. The molecule has 0 atom stereocenters. The summed E-state index contributed by atoms with van der Waals surface area (Å²) >= 11 is 11.7. The second kappa shape index (κ2) is 7.36. The van der Waals surface area contributed by atoms with Gasteiger partial charge in [0, 0.05) is 18.7 Å². The van der Waals surface area contributed by atoms with Crippen molar-refractivity contribution in [3.8, 4) is 0 Å². The molecule has 108 valence electrons. The maximum atomic E-state index is 11.7. The second-order valence-corrected chi connectivity index (χ2v) is 5.29. The third-order valence-electron chi connectivity index (χ3n) is 2.87. The zero-order chi connectivity index (χ0) is 14.4. The molecule has 1 heterocycles. The summed E-state index contributed by atoms with van der Waals surface area (Å²) in [5, 5.41) is 3.50. The Balaban J connectivity index is 1.82. The van der Waals surface area contributed by atoms with Crippen molar-refractivity contribution >= 4 is 40.8 Å². The van der Waals surface area contributed by atoms with Crippen LogP contribution in [0.25, 0.3) is 0 Å². The van der Waals surface area contributed by atoms with Gasteiger partial charge >= 0.3 is 6.03 Å². The number of carbonyl (C=O) groups is 1. The number of benzene rings is 1. The summed E-state index contributed by atoms with van der Waals surface area (Å²) in [7, 11) is 0. The van der Waals surface area contributed by atoms with Gasteiger partial charge in [-0.25, -0.2) is 4.79 Å². The van der Waals surface area contributed by atoms with Crippen LogP contribution in [0.4, 0.5) is 10.5 Å². The van der Waals surface area contributed by atoms with Crippen molar-refractivity contribution in [2.45, 2.75) is 25.7 Å². The highest BCUT2D eigenvalue weighted by atomic mass is 35.5. The summed E-state index contributed by atoms with van der Waals surface area (Å²) in [5.74, 6) is 0.812. The molecule has 3 N–H and O–H groups in total. The van der Waals surface area contributed by atoms with Gasteiger partial charge in [0.25, 0.3) is 0 Å². The average Bonchev–Trinajstić information content (AvgIpc) is 2.69. The fraction of sp³-hybridized carbons (Fsp3) is 0.385. The quantitative estimate of drug-likeness (QED) is 0.693. The predicted molar refractivity (Wildman–Crippen MR) is 82.5 cm³/mol. The van der Waals surface area contributed by atoms with Gasteiger partial charge in [-0.1, -0.05) is 29.6 Å². The second-order valence-electron chi connectivity index (χ2n) is 4.47. The van der Waals surface area contributed by atoms with E-state index in [1.165, 1.54) is 6.42 Å². The first-order chi connectivity index (χ1) is 9.65. The zero-order valence-corrected chi connectivity index (χ0v) is 12.4. The first-order valence-corrected chi connectivity index (χ1v) is 7.22. The Morgan fingerprint density at radius 2 is 2.00 bits per heavy atom. The summed E-state index contributed by atoms with van der Waals surface area (Å²) in [6.07, 6.45) is 4.21. The molecule has 0 aliphatic carbocycles. The zero-order valence-electron chi connectivity index (χ0n) is 10.9. The predicted octanol–water partition coefficient (Wildman–Crippen LogP) is 3.59. The van der Waals surface area contributed by atoms with Crippen LogP contribution in [0, 0.1) is 0 Å². The fourth-order valence-electron chi connectivity index (χ4n) is 1.84. The molecule has 0 aromatic heterocycles. The van der Waals surface area contributed by atoms with Crippen LogP contribution >= 0.6 is 23.2 Å². The number of hydrogen-bond donors (Lipinski definition) is 3. The number of carbonyl (C=O) groups excluding carboxylic acids is 1. The SMILES string of the molecule is O=C(NNC1=NCCCCC1)Nc1ccc(Cl)c(Cl)c1. The molecule has 1 aromatic rings. The molecule has 1 aliphatic heterocycles. The minimum absolute atomic E-state index is 0.379. The van der Waals surface area contributed by atoms with E-state index in [0.717, 1.165) is 31.6 Å². The molecular weight excluding hydrogens is 299 g/mol. The summed E-state index contributed by atoms with van der Waals surface area (Å²) < 4.78 is 0. The topological polar surface area (TPSA) is 65.5 Å². The highest BCUT2D eigenvalue weighted by Gasteiger charge is 2.07. The highest BCUT2D eigenvalue weighted by molar-refractivity contribution is 6.42. The first-order valence-electron chi connectivity index (χ1n) is 6.46. The number of amidine groups is 1. The summed E-state index contributed by atoms with van der Waals surface area (Å²) in [4.78, 5) is 16.1. The van der Waals surface area contributed by atoms with Gasteiger partial charge < -0.3 is 5.32 Å². The lowest BCUT2D eigenvalue weighted by atomic mass is 10.2. The minimum atomic E-state index is -0.379. The van der Waals surface area contributed by atoms with Gasteiger partial charge in [0.1, 0.15) is 5.84 Å². The number of hydrazine groups is 1. The number of nitrogens with one attached hydrogen (secondary N) is 3. The summed E-state index contributed by atoms with van der Waals surface area (Å²) in [6.45, 7) is 0.804. The molecule has 5 nitrogen and oxygen atoms in total. The van der Waals surface area contributed by atoms with E-state index in [9.17, 15) is 4.79 Å². The Morgan fingerprint density at radius 1 is 1.15 bits per heavy atom. The van der Waals surface area contributed by atoms with E-state index in [0.29, 0.717) is 15.7 Å². The smallest absolute Gasteiger partial charge is 0.307 e. The molecule has 7 heteroatoms. The van der Waals surface area contributed by atoms with E-state index < -0.39 is 0 Å². The van der Waals surface area contributed by atoms with Crippen molar-refractivity contribution in [1.82, 2.24) is 10.9 Å². The van der Waals surface area contributed by atoms with Gasteiger partial charge in [0.2, 0.25) is 0 Å². The molecule has 0 radical (unpaired) electrons. The fourth-order valence-corrected chi connectivity index (χ4v) is 2.14. The van der Waals surface area contributed by atoms with Crippen LogP contribution in [0.1, 0.15) is 25.7 Å². The Hall–Kier alpha value is -1.46. The van der Waals surface area contributed by atoms with Crippen LogP contribution in [0.15, 0.2) is 23.2 Å². The number of amides is 2. The molecule has 1 aromatic carbocycles. The minimum Gasteiger partial charge on any atom is -0.307 e. The monoisotopic (exact) mass is 314 g/mol. The van der Waals surface area contributed by atoms with Crippen LogP contribution in [0.5, 0.6) is 0 Å². The number of rotatable bonds is 1. The van der Waals surface area contributed by atoms with Gasteiger partial charge in [0.15, 0.2) is 0 Å². The number of hydrogen-bond acceptors (Lipinski definition) is 3. The Morgan fingerprint density at radius 3 is 2.80 bits per heavy atom. The molecule has 0 unspecified atom stereocenters. The van der Waals surface area contributed by atoms with Crippen molar-refractivity contribution in [1.29, 1.82) is 0 Å². The molecule has 20 heavy (non-hydrogen) atoms. The summed E-state index contributed by atoms with van der Waals surface area (Å²) in [6, 6.07) is 4.52. The van der Waals surface area contributed by atoms with E-state index >= 15 is 0 Å². The number of nitrogens with zero attached hydrogens (tertiary/aromatic N) is 1. The van der Waals surface area contributed by atoms with Crippen LogP contribution in [0.3, 0.4) is 0 Å². The van der Waals surface area contributed by atoms with E-state index in [4.69, 9.17) is 23.2 Å². The maximum absolute atomic E-state index is 11.7. The molecule has 2 amide bonds. The Bertz CT molecular complexity index is 519. The average molecular weight is 315 g/mol. The number of halogens is 2. The van der Waals surface area contributed by atoms with Crippen LogP contribution < -0.4 is 16.2 Å². The maximum Gasteiger partial charge on any atom is 0.337 e. The first kappa shape index (κ1) is 14.9.